The summed E-state index contributed by atoms with van der Waals surface area (Å²) in [4.78, 5) is 0. The Morgan fingerprint density at radius 3 is 2.18 bits per heavy atom. The third kappa shape index (κ3) is 9.00. The van der Waals surface area contributed by atoms with Crippen LogP contribution in [0, 0.1) is 17.7 Å². The number of ether oxygens (including phenoxy) is 1. The molecule has 0 amide bonds. The molecule has 0 bridgehead atoms. The molecule has 1 aliphatic rings. The fraction of sp³-hybridized carbons (Fsp3) is 0.667. The fourth-order valence-corrected chi connectivity index (χ4v) is 5.16. The third-order valence-electron chi connectivity index (χ3n) is 7.44. The van der Waals surface area contributed by atoms with E-state index in [1.165, 1.54) is 76.7 Å². The second-order valence-corrected chi connectivity index (χ2v) is 10.2. The van der Waals surface area contributed by atoms with Crippen LogP contribution in [0.15, 0.2) is 30.3 Å². The molecule has 1 saturated carbocycles. The van der Waals surface area contributed by atoms with Gasteiger partial charge in [0.05, 0.1) is 18.0 Å². The Morgan fingerprint density at radius 2 is 1.50 bits per heavy atom. The smallest absolute Gasteiger partial charge is 0.165 e. The maximum atomic E-state index is 14.4. The highest BCUT2D eigenvalue weighted by molar-refractivity contribution is 5.59. The molecule has 0 atom stereocenters. The van der Waals surface area contributed by atoms with Gasteiger partial charge < -0.3 is 4.74 Å². The van der Waals surface area contributed by atoms with Crippen molar-refractivity contribution in [3.8, 4) is 17.0 Å². The largest absolute Gasteiger partial charge is 0.491 e. The van der Waals surface area contributed by atoms with Gasteiger partial charge in [-0.15, -0.1) is 0 Å². The Labute approximate surface area is 206 Å². The lowest BCUT2D eigenvalue weighted by atomic mass is 9.78. The molecule has 0 radical (unpaired) electrons. The van der Waals surface area contributed by atoms with Gasteiger partial charge in [-0.2, -0.15) is 10.2 Å². The van der Waals surface area contributed by atoms with Crippen molar-refractivity contribution in [2.45, 2.75) is 110 Å². The Hall–Kier alpha value is -1.97. The number of hydrogen-bond donors (Lipinski definition) is 0. The molecule has 0 unspecified atom stereocenters. The molecule has 3 nitrogen and oxygen atoms in total. The van der Waals surface area contributed by atoms with Gasteiger partial charge in [0.1, 0.15) is 0 Å². The summed E-state index contributed by atoms with van der Waals surface area (Å²) >= 11 is 0. The van der Waals surface area contributed by atoms with Crippen molar-refractivity contribution >= 4 is 0 Å². The molecule has 1 aromatic carbocycles. The number of nitrogens with zero attached hydrogens (tertiary/aromatic N) is 2. The van der Waals surface area contributed by atoms with E-state index in [1.807, 2.05) is 12.1 Å². The van der Waals surface area contributed by atoms with Crippen molar-refractivity contribution in [1.29, 1.82) is 0 Å². The summed E-state index contributed by atoms with van der Waals surface area (Å²) in [5.41, 5.74) is 2.49. The van der Waals surface area contributed by atoms with Gasteiger partial charge >= 0.3 is 0 Å². The molecule has 3 rings (SSSR count). The molecule has 34 heavy (non-hydrogen) atoms. The SMILES string of the molecule is CCCCCCCC1CCC(CCc2ccc(-c3ccc(OCCCCC)c(F)c3)nn2)CC1. The van der Waals surface area contributed by atoms with Crippen LogP contribution in [0.2, 0.25) is 0 Å². The first-order chi connectivity index (χ1) is 16.7. The van der Waals surface area contributed by atoms with Gasteiger partial charge in [0.25, 0.3) is 0 Å². The minimum atomic E-state index is -0.337. The predicted molar refractivity (Wildman–Crippen MR) is 140 cm³/mol. The third-order valence-corrected chi connectivity index (χ3v) is 7.44. The molecule has 1 aromatic heterocycles. The van der Waals surface area contributed by atoms with E-state index >= 15 is 0 Å². The van der Waals surface area contributed by atoms with Crippen LogP contribution in [0.4, 0.5) is 4.39 Å². The normalized spacial score (nSPS) is 18.2. The van der Waals surface area contributed by atoms with E-state index in [2.05, 4.69) is 30.1 Å². The fourth-order valence-electron chi connectivity index (χ4n) is 5.16. The predicted octanol–water partition coefficient (Wildman–Crippen LogP) is 8.95. The van der Waals surface area contributed by atoms with Crippen molar-refractivity contribution in [3.63, 3.8) is 0 Å². The number of aromatic nitrogens is 2. The number of rotatable bonds is 15. The Bertz CT molecular complexity index is 815. The van der Waals surface area contributed by atoms with Crippen molar-refractivity contribution in [2.75, 3.05) is 6.61 Å². The number of halogens is 1. The molecule has 4 heteroatoms. The van der Waals surface area contributed by atoms with Gasteiger partial charge in [0.15, 0.2) is 11.6 Å². The first kappa shape index (κ1) is 26.6. The minimum Gasteiger partial charge on any atom is -0.491 e. The minimum absolute atomic E-state index is 0.315. The summed E-state index contributed by atoms with van der Waals surface area (Å²) in [5.74, 6) is 1.77. The molecule has 1 aliphatic carbocycles. The number of benzene rings is 1. The van der Waals surface area contributed by atoms with Gasteiger partial charge in [0, 0.05) is 5.56 Å². The van der Waals surface area contributed by atoms with Crippen LogP contribution in [0.5, 0.6) is 5.75 Å². The lowest BCUT2D eigenvalue weighted by Gasteiger charge is -2.28. The van der Waals surface area contributed by atoms with Crippen LogP contribution in [-0.4, -0.2) is 16.8 Å². The zero-order valence-electron chi connectivity index (χ0n) is 21.5. The molecule has 0 N–H and O–H groups in total. The van der Waals surface area contributed by atoms with E-state index in [9.17, 15) is 4.39 Å². The van der Waals surface area contributed by atoms with E-state index in [0.29, 0.717) is 18.1 Å². The summed E-state index contributed by atoms with van der Waals surface area (Å²) < 4.78 is 20.0. The van der Waals surface area contributed by atoms with Crippen molar-refractivity contribution in [2.24, 2.45) is 11.8 Å². The average Bonchev–Trinajstić information content (AvgIpc) is 2.87. The zero-order valence-corrected chi connectivity index (χ0v) is 21.5. The Morgan fingerprint density at radius 1 is 0.794 bits per heavy atom. The summed E-state index contributed by atoms with van der Waals surface area (Å²) in [6.07, 6.45) is 19.4. The molecule has 188 valence electrons. The summed E-state index contributed by atoms with van der Waals surface area (Å²) in [5, 5.41) is 8.82. The number of unbranched alkanes of at least 4 members (excludes halogenated alkanes) is 6. The number of hydrogen-bond acceptors (Lipinski definition) is 3. The quantitative estimate of drug-likeness (QED) is 0.245. The van der Waals surface area contributed by atoms with Crippen LogP contribution in [0.25, 0.3) is 11.3 Å². The highest BCUT2D eigenvalue weighted by Crippen LogP contribution is 2.34. The van der Waals surface area contributed by atoms with Crippen LogP contribution < -0.4 is 4.74 Å². The zero-order chi connectivity index (χ0) is 24.0. The Balaban J connectivity index is 1.38. The molecule has 1 heterocycles. The monoisotopic (exact) mass is 468 g/mol. The van der Waals surface area contributed by atoms with Gasteiger partial charge in [-0.25, -0.2) is 4.39 Å². The first-order valence-electron chi connectivity index (χ1n) is 13.9. The highest BCUT2D eigenvalue weighted by atomic mass is 19.1. The summed E-state index contributed by atoms with van der Waals surface area (Å²) in [6.45, 7) is 4.98. The van der Waals surface area contributed by atoms with Gasteiger partial charge in [-0.05, 0) is 61.4 Å². The standard InChI is InChI=1S/C30H45FN2O/c1-3-5-7-8-9-11-24-12-14-25(15-13-24)16-18-27-19-20-29(33-32-27)26-17-21-30(28(31)23-26)34-22-10-6-4-2/h17,19-21,23-25H,3-16,18,22H2,1-2H3. The summed E-state index contributed by atoms with van der Waals surface area (Å²) in [7, 11) is 0. The van der Waals surface area contributed by atoms with Crippen LogP contribution >= 0.6 is 0 Å². The van der Waals surface area contributed by atoms with E-state index in [4.69, 9.17) is 4.74 Å². The molecule has 1 fully saturated rings. The van der Waals surface area contributed by atoms with Crippen molar-refractivity contribution in [3.05, 3.63) is 41.8 Å². The van der Waals surface area contributed by atoms with Crippen LogP contribution in [-0.2, 0) is 6.42 Å². The van der Waals surface area contributed by atoms with Gasteiger partial charge in [-0.1, -0.05) is 90.9 Å². The molecule has 2 aromatic rings. The van der Waals surface area contributed by atoms with Crippen LogP contribution in [0.1, 0.15) is 109 Å². The highest BCUT2D eigenvalue weighted by Gasteiger charge is 2.21. The molecule has 0 aliphatic heterocycles. The van der Waals surface area contributed by atoms with Crippen molar-refractivity contribution in [1.82, 2.24) is 10.2 Å². The van der Waals surface area contributed by atoms with E-state index < -0.39 is 0 Å². The molecule has 0 spiro atoms. The topological polar surface area (TPSA) is 35.0 Å². The van der Waals surface area contributed by atoms with E-state index in [0.717, 1.165) is 48.8 Å². The van der Waals surface area contributed by atoms with E-state index in [-0.39, 0.29) is 5.82 Å². The maximum Gasteiger partial charge on any atom is 0.165 e. The number of aryl methyl sites for hydroxylation is 1. The maximum absolute atomic E-state index is 14.4. The first-order valence-corrected chi connectivity index (χ1v) is 13.9. The van der Waals surface area contributed by atoms with E-state index in [1.54, 1.807) is 6.07 Å². The lowest BCUT2D eigenvalue weighted by Crippen LogP contribution is -2.15. The second-order valence-electron chi connectivity index (χ2n) is 10.2. The summed E-state index contributed by atoms with van der Waals surface area (Å²) in [6, 6.07) is 9.09. The Kier molecular flexibility index (Phi) is 11.8. The molecular weight excluding hydrogens is 423 g/mol. The van der Waals surface area contributed by atoms with Crippen molar-refractivity contribution < 1.29 is 9.13 Å². The lowest BCUT2D eigenvalue weighted by molar-refractivity contribution is 0.248. The van der Waals surface area contributed by atoms with Gasteiger partial charge in [-0.3, -0.25) is 0 Å². The van der Waals surface area contributed by atoms with Gasteiger partial charge in [0.2, 0.25) is 0 Å². The second kappa shape index (κ2) is 15.1. The average molecular weight is 469 g/mol. The van der Waals surface area contributed by atoms with Crippen LogP contribution in [0.3, 0.4) is 0 Å². The molecular formula is C30H45FN2O. The molecule has 0 saturated heterocycles.